The first-order valence-corrected chi connectivity index (χ1v) is 5.55. The molecule has 0 spiro atoms. The molecule has 14 heavy (non-hydrogen) atoms. The zero-order valence-corrected chi connectivity index (χ0v) is 9.39. The summed E-state index contributed by atoms with van der Waals surface area (Å²) in [5, 5.41) is 0. The Labute approximate surface area is 91.7 Å². The number of rotatable bonds is 0. The van der Waals surface area contributed by atoms with Crippen molar-refractivity contribution in [2.75, 3.05) is 0 Å². The van der Waals surface area contributed by atoms with Crippen LogP contribution in [0.2, 0.25) is 0 Å². The monoisotopic (exact) mass is 197 g/mol. The highest BCUT2D eigenvalue weighted by atomic mass is 16.5. The SMILES string of the molecule is [2H]C([2H])([2H])C1(C)CCCC2(C)OC(C)=CCC21. The van der Waals surface area contributed by atoms with Crippen LogP contribution in [0.5, 0.6) is 0 Å². The van der Waals surface area contributed by atoms with Crippen molar-refractivity contribution in [3.63, 3.8) is 0 Å². The van der Waals surface area contributed by atoms with Gasteiger partial charge in [-0.15, -0.1) is 0 Å². The first-order chi connectivity index (χ1) is 7.69. The zero-order valence-electron chi connectivity index (χ0n) is 12.4. The average Bonchev–Trinajstić information content (AvgIpc) is 2.14. The number of allylic oxidation sites excluding steroid dienone is 2. The van der Waals surface area contributed by atoms with Crippen molar-refractivity contribution in [3.8, 4) is 0 Å². The summed E-state index contributed by atoms with van der Waals surface area (Å²) >= 11 is 0. The fourth-order valence-corrected chi connectivity index (χ4v) is 3.15. The van der Waals surface area contributed by atoms with Gasteiger partial charge in [0, 0.05) is 10.0 Å². The van der Waals surface area contributed by atoms with Crippen molar-refractivity contribution in [1.82, 2.24) is 0 Å². The van der Waals surface area contributed by atoms with E-state index in [0.29, 0.717) is 0 Å². The molecule has 1 heteroatoms. The van der Waals surface area contributed by atoms with Gasteiger partial charge in [-0.25, -0.2) is 0 Å². The van der Waals surface area contributed by atoms with Crippen LogP contribution in [-0.2, 0) is 4.74 Å². The molecule has 0 aromatic rings. The van der Waals surface area contributed by atoms with Gasteiger partial charge in [-0.3, -0.25) is 0 Å². The molecule has 1 fully saturated rings. The summed E-state index contributed by atoms with van der Waals surface area (Å²) in [5.41, 5.74) is -0.905. The van der Waals surface area contributed by atoms with Crippen molar-refractivity contribution < 1.29 is 8.85 Å². The Morgan fingerprint density at radius 2 is 2.29 bits per heavy atom. The summed E-state index contributed by atoms with van der Waals surface area (Å²) in [7, 11) is 0. The summed E-state index contributed by atoms with van der Waals surface area (Å²) in [6.07, 6.45) is 5.56. The van der Waals surface area contributed by atoms with Crippen LogP contribution in [0, 0.1) is 11.3 Å². The lowest BCUT2D eigenvalue weighted by atomic mass is 9.60. The van der Waals surface area contributed by atoms with Gasteiger partial charge in [0.1, 0.15) is 5.60 Å². The van der Waals surface area contributed by atoms with Gasteiger partial charge in [0.05, 0.1) is 5.76 Å². The molecule has 1 heterocycles. The van der Waals surface area contributed by atoms with Crippen LogP contribution in [0.15, 0.2) is 11.8 Å². The predicted molar refractivity (Wildman–Crippen MR) is 59.0 cm³/mol. The van der Waals surface area contributed by atoms with Crippen molar-refractivity contribution in [1.29, 1.82) is 0 Å². The molecule has 0 bridgehead atoms. The van der Waals surface area contributed by atoms with Crippen LogP contribution >= 0.6 is 0 Å². The van der Waals surface area contributed by atoms with E-state index in [-0.39, 0.29) is 11.5 Å². The van der Waals surface area contributed by atoms with E-state index in [9.17, 15) is 0 Å². The lowest BCUT2D eigenvalue weighted by molar-refractivity contribution is -0.117. The number of fused-ring (bicyclic) bond motifs is 1. The van der Waals surface area contributed by atoms with Crippen LogP contribution in [0.1, 0.15) is 57.4 Å². The Morgan fingerprint density at radius 1 is 1.50 bits per heavy atom. The van der Waals surface area contributed by atoms with Gasteiger partial charge in [-0.1, -0.05) is 13.8 Å². The summed E-state index contributed by atoms with van der Waals surface area (Å²) in [6.45, 7) is 4.06. The fraction of sp³-hybridized carbons (Fsp3) is 0.846. The molecule has 1 aliphatic heterocycles. The second kappa shape index (κ2) is 3.01. The van der Waals surface area contributed by atoms with E-state index >= 15 is 0 Å². The lowest BCUT2D eigenvalue weighted by Crippen LogP contribution is -2.49. The molecular formula is C13H22O. The van der Waals surface area contributed by atoms with Crippen LogP contribution in [0.3, 0.4) is 0 Å². The summed E-state index contributed by atoms with van der Waals surface area (Å²) in [6, 6.07) is 0. The third-order valence-electron chi connectivity index (χ3n) is 3.91. The second-order valence-electron chi connectivity index (χ2n) is 5.29. The van der Waals surface area contributed by atoms with E-state index in [0.717, 1.165) is 31.4 Å². The van der Waals surface area contributed by atoms with Crippen molar-refractivity contribution in [2.24, 2.45) is 11.3 Å². The van der Waals surface area contributed by atoms with Crippen LogP contribution in [0.25, 0.3) is 0 Å². The third kappa shape index (κ3) is 1.47. The minimum Gasteiger partial charge on any atom is -0.492 e. The first-order valence-electron chi connectivity index (χ1n) is 7.05. The van der Waals surface area contributed by atoms with E-state index in [2.05, 4.69) is 6.92 Å². The lowest BCUT2D eigenvalue weighted by Gasteiger charge is -2.52. The van der Waals surface area contributed by atoms with Crippen LogP contribution in [0.4, 0.5) is 0 Å². The van der Waals surface area contributed by atoms with Gasteiger partial charge in [0.2, 0.25) is 0 Å². The van der Waals surface area contributed by atoms with Gasteiger partial charge < -0.3 is 4.74 Å². The van der Waals surface area contributed by atoms with Gasteiger partial charge in [-0.2, -0.15) is 0 Å². The van der Waals surface area contributed by atoms with E-state index in [4.69, 9.17) is 8.85 Å². The number of hydrogen-bond donors (Lipinski definition) is 0. The molecule has 80 valence electrons. The molecule has 3 atom stereocenters. The molecule has 0 radical (unpaired) electrons. The van der Waals surface area contributed by atoms with E-state index in [1.807, 2.05) is 19.9 Å². The number of ether oxygens (including phenoxy) is 1. The Kier molecular flexibility index (Phi) is 1.49. The van der Waals surface area contributed by atoms with Gasteiger partial charge >= 0.3 is 0 Å². The zero-order chi connectivity index (χ0) is 12.9. The van der Waals surface area contributed by atoms with Crippen LogP contribution in [-0.4, -0.2) is 5.60 Å². The Balaban J connectivity index is 2.39. The van der Waals surface area contributed by atoms with Crippen molar-refractivity contribution in [3.05, 3.63) is 11.8 Å². The Hall–Kier alpha value is -0.460. The quantitative estimate of drug-likeness (QED) is 0.572. The van der Waals surface area contributed by atoms with E-state index < -0.39 is 12.3 Å². The molecule has 2 rings (SSSR count). The normalized spacial score (nSPS) is 51.8. The molecule has 0 N–H and O–H groups in total. The summed E-state index contributed by atoms with van der Waals surface area (Å²) < 4.78 is 29.5. The molecule has 0 aromatic carbocycles. The van der Waals surface area contributed by atoms with Crippen molar-refractivity contribution >= 4 is 0 Å². The maximum atomic E-state index is 7.84. The molecule has 3 unspecified atom stereocenters. The Bertz CT molecular complexity index is 347. The third-order valence-corrected chi connectivity index (χ3v) is 3.91. The van der Waals surface area contributed by atoms with Gasteiger partial charge in [-0.05, 0) is 51.0 Å². The maximum absolute atomic E-state index is 7.84. The second-order valence-corrected chi connectivity index (χ2v) is 5.29. The largest absolute Gasteiger partial charge is 0.492 e. The highest BCUT2D eigenvalue weighted by Gasteiger charge is 2.48. The first kappa shape index (κ1) is 6.92. The standard InChI is InChI=1S/C13H22O/c1-10-6-7-11-12(2,3)8-5-9-13(11,4)14-10/h6,11H,5,7-9H2,1-4H3/i2D3. The number of hydrogen-bond acceptors (Lipinski definition) is 1. The highest BCUT2D eigenvalue weighted by Crippen LogP contribution is 2.52. The molecule has 0 amide bonds. The Morgan fingerprint density at radius 3 is 3.00 bits per heavy atom. The average molecular weight is 197 g/mol. The molecule has 1 aliphatic carbocycles. The summed E-state index contributed by atoms with van der Waals surface area (Å²) in [4.78, 5) is 0. The van der Waals surface area contributed by atoms with Gasteiger partial charge in [0.15, 0.2) is 0 Å². The molecule has 0 aromatic heterocycles. The van der Waals surface area contributed by atoms with E-state index in [1.165, 1.54) is 0 Å². The predicted octanol–water partition coefficient (Wildman–Crippen LogP) is 3.90. The molecular weight excluding hydrogens is 172 g/mol. The summed E-state index contributed by atoms with van der Waals surface area (Å²) in [5.74, 6) is 1.04. The topological polar surface area (TPSA) is 9.23 Å². The smallest absolute Gasteiger partial charge is 0.109 e. The minimum absolute atomic E-state index is 0.0972. The molecule has 0 saturated heterocycles. The minimum atomic E-state index is -1.90. The molecule has 1 saturated carbocycles. The highest BCUT2D eigenvalue weighted by molar-refractivity contribution is 5.08. The maximum Gasteiger partial charge on any atom is 0.109 e. The molecule has 1 nitrogen and oxygen atoms in total. The van der Waals surface area contributed by atoms with Crippen molar-refractivity contribution in [2.45, 2.75) is 58.9 Å². The van der Waals surface area contributed by atoms with Crippen LogP contribution < -0.4 is 0 Å². The molecule has 2 aliphatic rings. The van der Waals surface area contributed by atoms with E-state index in [1.54, 1.807) is 0 Å². The fourth-order valence-electron chi connectivity index (χ4n) is 3.15. The van der Waals surface area contributed by atoms with Gasteiger partial charge in [0.25, 0.3) is 0 Å².